The second-order valence-corrected chi connectivity index (χ2v) is 7.19. The van der Waals surface area contributed by atoms with Crippen molar-refractivity contribution >= 4 is 11.9 Å². The number of halogens is 1. The molecule has 0 unspecified atom stereocenters. The van der Waals surface area contributed by atoms with E-state index in [0.717, 1.165) is 0 Å². The first-order valence-electron chi connectivity index (χ1n) is 9.88. The van der Waals surface area contributed by atoms with Crippen molar-refractivity contribution in [1.82, 2.24) is 15.2 Å². The number of aryl methyl sites for hydroxylation is 1. The van der Waals surface area contributed by atoms with Crippen LogP contribution in [-0.4, -0.2) is 54.4 Å². The molecule has 1 aromatic carbocycles. The maximum atomic E-state index is 14.9. The molecular weight excluding hydrogens is 421 g/mol. The third-order valence-corrected chi connectivity index (χ3v) is 4.97. The lowest BCUT2D eigenvalue weighted by Crippen LogP contribution is -2.27. The van der Waals surface area contributed by atoms with Crippen molar-refractivity contribution in [3.05, 3.63) is 42.2 Å². The maximum Gasteiger partial charge on any atom is 0.404 e. The first kappa shape index (κ1) is 21.5. The van der Waals surface area contributed by atoms with E-state index in [-0.39, 0.29) is 24.2 Å². The quantitative estimate of drug-likeness (QED) is 0.549. The molecule has 4 rings (SSSR count). The lowest BCUT2D eigenvalue weighted by molar-refractivity contribution is 0.0515. The molecule has 0 saturated carbocycles. The van der Waals surface area contributed by atoms with Crippen molar-refractivity contribution in [2.24, 2.45) is 5.73 Å². The maximum absolute atomic E-state index is 14.9. The van der Waals surface area contributed by atoms with Gasteiger partial charge in [-0.25, -0.2) is 14.2 Å². The average molecular weight is 443 g/mol. The van der Waals surface area contributed by atoms with Crippen LogP contribution in [0.2, 0.25) is 0 Å². The van der Waals surface area contributed by atoms with Crippen molar-refractivity contribution in [3.8, 4) is 28.3 Å². The van der Waals surface area contributed by atoms with Gasteiger partial charge in [-0.3, -0.25) is 0 Å². The Bertz CT molecular complexity index is 1100. The van der Waals surface area contributed by atoms with Gasteiger partial charge >= 0.3 is 6.09 Å². The molecule has 2 N–H and O–H groups in total. The molecule has 0 bridgehead atoms. The summed E-state index contributed by atoms with van der Waals surface area (Å²) in [6.07, 6.45) is 1.01. The van der Waals surface area contributed by atoms with Crippen LogP contribution in [0.25, 0.3) is 22.6 Å². The topological polar surface area (TPSA) is 126 Å². The molecule has 0 aliphatic carbocycles. The lowest BCUT2D eigenvalue weighted by atomic mass is 10.0. The van der Waals surface area contributed by atoms with E-state index in [2.05, 4.69) is 15.2 Å². The second-order valence-electron chi connectivity index (χ2n) is 7.19. The fourth-order valence-electron chi connectivity index (χ4n) is 3.50. The highest BCUT2D eigenvalue weighted by molar-refractivity contribution is 5.73. The molecule has 168 valence electrons. The third kappa shape index (κ3) is 4.62. The Balaban J connectivity index is 1.61. The number of aromatic nitrogens is 3. The van der Waals surface area contributed by atoms with Crippen LogP contribution in [0.1, 0.15) is 12.3 Å². The van der Waals surface area contributed by atoms with Crippen LogP contribution in [0.15, 0.2) is 34.9 Å². The number of ether oxygens (including phenoxy) is 3. The summed E-state index contributed by atoms with van der Waals surface area (Å²) >= 11 is 0. The number of hydrogen-bond acceptors (Lipinski definition) is 9. The van der Waals surface area contributed by atoms with E-state index in [0.29, 0.717) is 48.2 Å². The number of amides is 1. The summed E-state index contributed by atoms with van der Waals surface area (Å²) in [5.41, 5.74) is 6.12. The van der Waals surface area contributed by atoms with E-state index < -0.39 is 11.9 Å². The van der Waals surface area contributed by atoms with E-state index in [1.54, 1.807) is 19.1 Å². The molecule has 10 nitrogen and oxygen atoms in total. The van der Waals surface area contributed by atoms with Gasteiger partial charge in [0.15, 0.2) is 24.3 Å². The number of methoxy groups -OCH3 is 1. The Morgan fingerprint density at radius 1 is 1.31 bits per heavy atom. The molecule has 3 heterocycles. The van der Waals surface area contributed by atoms with E-state index in [4.69, 9.17) is 24.4 Å². The highest BCUT2D eigenvalue weighted by Crippen LogP contribution is 2.36. The van der Waals surface area contributed by atoms with Crippen molar-refractivity contribution in [2.75, 3.05) is 31.9 Å². The molecule has 0 radical (unpaired) electrons. The second kappa shape index (κ2) is 9.18. The van der Waals surface area contributed by atoms with Crippen molar-refractivity contribution < 1.29 is 27.8 Å². The largest absolute Gasteiger partial charge is 0.467 e. The van der Waals surface area contributed by atoms with Crippen LogP contribution in [0.3, 0.4) is 0 Å². The van der Waals surface area contributed by atoms with Crippen LogP contribution >= 0.6 is 0 Å². The summed E-state index contributed by atoms with van der Waals surface area (Å²) in [7, 11) is 1.49. The molecule has 1 aliphatic rings. The number of rotatable bonds is 7. The van der Waals surface area contributed by atoms with Gasteiger partial charge in [0, 0.05) is 32.6 Å². The van der Waals surface area contributed by atoms with E-state index in [1.807, 2.05) is 4.90 Å². The van der Waals surface area contributed by atoms with Gasteiger partial charge in [0.1, 0.15) is 17.7 Å². The molecule has 1 amide bonds. The molecule has 0 spiro atoms. The van der Waals surface area contributed by atoms with Crippen LogP contribution < -0.4 is 15.4 Å². The zero-order valence-corrected chi connectivity index (χ0v) is 17.6. The Morgan fingerprint density at radius 3 is 2.81 bits per heavy atom. The number of hydrogen-bond donors (Lipinski definition) is 1. The predicted octanol–water partition coefficient (Wildman–Crippen LogP) is 2.90. The normalized spacial score (nSPS) is 15.7. The number of nitrogens with zero attached hydrogens (tertiary/aromatic N) is 4. The van der Waals surface area contributed by atoms with Gasteiger partial charge < -0.3 is 29.3 Å². The minimum Gasteiger partial charge on any atom is -0.467 e. The first-order chi connectivity index (χ1) is 15.4. The average Bonchev–Trinajstić information content (AvgIpc) is 3.41. The molecule has 2 aromatic heterocycles. The Hall–Kier alpha value is -3.73. The number of primary amides is 1. The molecular formula is C21H22FN5O5. The fourth-order valence-corrected chi connectivity index (χ4v) is 3.50. The molecule has 32 heavy (non-hydrogen) atoms. The Labute approximate surface area is 183 Å². The summed E-state index contributed by atoms with van der Waals surface area (Å²) in [4.78, 5) is 16.9. The number of carbonyl (C=O) groups is 1. The highest BCUT2D eigenvalue weighted by Gasteiger charge is 2.26. The number of carbonyl (C=O) groups excluding carboxylic acids is 1. The molecule has 3 aromatic rings. The molecule has 1 saturated heterocycles. The number of oxazole rings is 1. The summed E-state index contributed by atoms with van der Waals surface area (Å²) in [6.45, 7) is 2.76. The number of anilines is 1. The van der Waals surface area contributed by atoms with Gasteiger partial charge in [0.05, 0.1) is 24.0 Å². The number of nitrogens with two attached hydrogens (primary N) is 1. The van der Waals surface area contributed by atoms with Crippen molar-refractivity contribution in [1.29, 1.82) is 0 Å². The summed E-state index contributed by atoms with van der Waals surface area (Å²) in [6, 6.07) is 6.32. The standard InChI is InChI=1S/C21H22FN5O5/c1-12-24-9-19(31-12)14-8-18(30-11-29-2)15(7-16(14)22)17-3-4-20(26-25-17)27-6-5-13(10-27)32-21(23)28/h3-4,7-9,13H,5-6,10-11H2,1-2H3,(H2,23,28)/t13-/m0/s1. The van der Waals surface area contributed by atoms with E-state index in [9.17, 15) is 9.18 Å². The van der Waals surface area contributed by atoms with Gasteiger partial charge in [-0.2, -0.15) is 0 Å². The summed E-state index contributed by atoms with van der Waals surface area (Å²) in [5.74, 6) is 1.16. The van der Waals surface area contributed by atoms with Gasteiger partial charge in [0.2, 0.25) is 0 Å². The Morgan fingerprint density at radius 2 is 2.16 bits per heavy atom. The van der Waals surface area contributed by atoms with Crippen molar-refractivity contribution in [2.45, 2.75) is 19.4 Å². The smallest absolute Gasteiger partial charge is 0.404 e. The lowest BCUT2D eigenvalue weighted by Gasteiger charge is -2.17. The minimum absolute atomic E-state index is 0.0337. The Kier molecular flexibility index (Phi) is 6.17. The van der Waals surface area contributed by atoms with Crippen LogP contribution in [0.5, 0.6) is 5.75 Å². The van der Waals surface area contributed by atoms with Crippen molar-refractivity contribution in [3.63, 3.8) is 0 Å². The molecule has 1 fully saturated rings. The zero-order valence-electron chi connectivity index (χ0n) is 17.6. The SMILES string of the molecule is COCOc1cc(-c2cnc(C)o2)c(F)cc1-c1ccc(N2CC[C@H](OC(N)=O)C2)nn1. The van der Waals surface area contributed by atoms with Gasteiger partial charge in [0.25, 0.3) is 0 Å². The predicted molar refractivity (Wildman–Crippen MR) is 111 cm³/mol. The van der Waals surface area contributed by atoms with Crippen LogP contribution in [-0.2, 0) is 9.47 Å². The zero-order chi connectivity index (χ0) is 22.7. The number of benzene rings is 1. The van der Waals surface area contributed by atoms with Gasteiger partial charge in [-0.15, -0.1) is 10.2 Å². The van der Waals surface area contributed by atoms with E-state index >= 15 is 0 Å². The first-order valence-corrected chi connectivity index (χ1v) is 9.88. The molecule has 1 atom stereocenters. The molecule has 1 aliphatic heterocycles. The van der Waals surface area contributed by atoms with Gasteiger partial charge in [-0.05, 0) is 24.3 Å². The summed E-state index contributed by atoms with van der Waals surface area (Å²) in [5, 5.41) is 8.50. The minimum atomic E-state index is -0.798. The monoisotopic (exact) mass is 443 g/mol. The van der Waals surface area contributed by atoms with Gasteiger partial charge in [-0.1, -0.05) is 0 Å². The third-order valence-electron chi connectivity index (χ3n) is 4.97. The van der Waals surface area contributed by atoms with E-state index in [1.165, 1.54) is 25.4 Å². The summed E-state index contributed by atoms with van der Waals surface area (Å²) < 4.78 is 36.1. The molecule has 11 heteroatoms. The fraction of sp³-hybridized carbons (Fsp3) is 0.333. The van der Waals surface area contributed by atoms with Crippen LogP contribution in [0, 0.1) is 12.7 Å². The van der Waals surface area contributed by atoms with Crippen LogP contribution in [0.4, 0.5) is 15.0 Å². The highest BCUT2D eigenvalue weighted by atomic mass is 19.1.